The number of piperazine rings is 1. The van der Waals surface area contributed by atoms with Crippen molar-refractivity contribution < 1.29 is 14.1 Å². The van der Waals surface area contributed by atoms with Gasteiger partial charge in [-0.1, -0.05) is 0 Å². The molecule has 0 spiro atoms. The molecular weight excluding hydrogens is 376 g/mol. The molecule has 29 heavy (non-hydrogen) atoms. The van der Waals surface area contributed by atoms with Crippen molar-refractivity contribution in [2.24, 2.45) is 14.1 Å². The first-order valence-corrected chi connectivity index (χ1v) is 9.73. The van der Waals surface area contributed by atoms with Crippen molar-refractivity contribution >= 4 is 17.1 Å². The summed E-state index contributed by atoms with van der Waals surface area (Å²) in [5.74, 6) is 1.05. The second-order valence-electron chi connectivity index (χ2n) is 7.35. The van der Waals surface area contributed by atoms with Gasteiger partial charge >= 0.3 is 5.69 Å². The SMILES string of the molecule is CCn1c(C[NH+]2CCN(C(=O)c3ccco3)CC2)nc2c1c(=O)n(C)c(=O)n2C. The van der Waals surface area contributed by atoms with E-state index in [4.69, 9.17) is 4.42 Å². The largest absolute Gasteiger partial charge is 0.459 e. The van der Waals surface area contributed by atoms with E-state index in [1.807, 2.05) is 11.5 Å². The zero-order valence-electron chi connectivity index (χ0n) is 16.8. The van der Waals surface area contributed by atoms with Crippen LogP contribution < -0.4 is 16.1 Å². The van der Waals surface area contributed by atoms with Crippen LogP contribution in [-0.4, -0.2) is 55.7 Å². The number of rotatable bonds is 4. The average Bonchev–Trinajstić information content (AvgIpc) is 3.39. The number of aryl methyl sites for hydroxylation is 2. The molecule has 0 atom stereocenters. The van der Waals surface area contributed by atoms with E-state index in [2.05, 4.69) is 4.98 Å². The zero-order valence-corrected chi connectivity index (χ0v) is 16.8. The summed E-state index contributed by atoms with van der Waals surface area (Å²) in [6.45, 7) is 5.98. The molecule has 0 saturated carbocycles. The number of amides is 1. The van der Waals surface area contributed by atoms with E-state index < -0.39 is 0 Å². The van der Waals surface area contributed by atoms with Crippen molar-refractivity contribution in [3.63, 3.8) is 0 Å². The predicted molar refractivity (Wildman–Crippen MR) is 105 cm³/mol. The minimum absolute atomic E-state index is 0.0895. The quantitative estimate of drug-likeness (QED) is 0.579. The van der Waals surface area contributed by atoms with E-state index in [9.17, 15) is 14.4 Å². The summed E-state index contributed by atoms with van der Waals surface area (Å²) in [6, 6.07) is 3.39. The number of aromatic nitrogens is 4. The molecule has 0 bridgehead atoms. The Hall–Kier alpha value is -3.14. The molecule has 0 aliphatic carbocycles. The van der Waals surface area contributed by atoms with Gasteiger partial charge in [-0.3, -0.25) is 18.7 Å². The lowest BCUT2D eigenvalue weighted by molar-refractivity contribution is -0.918. The molecule has 1 aliphatic heterocycles. The maximum atomic E-state index is 12.6. The van der Waals surface area contributed by atoms with Gasteiger partial charge in [0.05, 0.1) is 32.4 Å². The molecule has 3 aromatic rings. The van der Waals surface area contributed by atoms with Gasteiger partial charge in [0.2, 0.25) is 0 Å². The van der Waals surface area contributed by atoms with E-state index >= 15 is 0 Å². The smallest absolute Gasteiger partial charge is 0.332 e. The van der Waals surface area contributed by atoms with Crippen molar-refractivity contribution in [3.8, 4) is 0 Å². The zero-order chi connectivity index (χ0) is 20.7. The Morgan fingerprint density at radius 1 is 1.21 bits per heavy atom. The van der Waals surface area contributed by atoms with Crippen LogP contribution in [0.4, 0.5) is 0 Å². The third-order valence-corrected chi connectivity index (χ3v) is 5.64. The van der Waals surface area contributed by atoms with Crippen LogP contribution in [0.2, 0.25) is 0 Å². The fourth-order valence-electron chi connectivity index (χ4n) is 3.95. The Morgan fingerprint density at radius 2 is 1.93 bits per heavy atom. The van der Waals surface area contributed by atoms with Crippen molar-refractivity contribution in [1.29, 1.82) is 0 Å². The highest BCUT2D eigenvalue weighted by Gasteiger charge is 2.28. The molecule has 0 unspecified atom stereocenters. The van der Waals surface area contributed by atoms with E-state index in [0.29, 0.717) is 43.1 Å². The maximum Gasteiger partial charge on any atom is 0.332 e. The first kappa shape index (κ1) is 19.2. The normalized spacial score (nSPS) is 15.3. The molecule has 1 saturated heterocycles. The Morgan fingerprint density at radius 3 is 2.55 bits per heavy atom. The monoisotopic (exact) mass is 401 g/mol. The molecule has 154 valence electrons. The highest BCUT2D eigenvalue weighted by Crippen LogP contribution is 2.11. The van der Waals surface area contributed by atoms with E-state index in [-0.39, 0.29) is 17.2 Å². The fraction of sp³-hybridized carbons (Fsp3) is 0.474. The summed E-state index contributed by atoms with van der Waals surface area (Å²) in [6.07, 6.45) is 1.50. The van der Waals surface area contributed by atoms with Gasteiger partial charge in [-0.25, -0.2) is 9.78 Å². The Bertz CT molecular complexity index is 1160. The minimum Gasteiger partial charge on any atom is -0.459 e. The van der Waals surface area contributed by atoms with Crippen molar-refractivity contribution in [2.45, 2.75) is 20.0 Å². The van der Waals surface area contributed by atoms with Crippen molar-refractivity contribution in [1.82, 2.24) is 23.6 Å². The molecule has 10 heteroatoms. The Kier molecular flexibility index (Phi) is 4.87. The summed E-state index contributed by atoms with van der Waals surface area (Å²) >= 11 is 0. The van der Waals surface area contributed by atoms with Gasteiger partial charge in [0.15, 0.2) is 22.7 Å². The molecule has 1 aliphatic rings. The van der Waals surface area contributed by atoms with Crippen LogP contribution in [-0.2, 0) is 27.2 Å². The molecule has 3 aromatic heterocycles. The summed E-state index contributed by atoms with van der Waals surface area (Å²) < 4.78 is 9.63. The molecule has 4 rings (SSSR count). The first-order valence-electron chi connectivity index (χ1n) is 9.73. The number of carbonyl (C=O) groups is 1. The standard InChI is InChI=1S/C19H24N6O4/c1-4-25-14(20-16-15(25)18(27)22(3)19(28)21(16)2)12-23-7-9-24(10-8-23)17(26)13-6-5-11-29-13/h5-6,11H,4,7-10,12H2,1-3H3/p+1. The molecule has 0 aromatic carbocycles. The highest BCUT2D eigenvalue weighted by atomic mass is 16.3. The molecule has 1 amide bonds. The Balaban J connectivity index is 1.56. The second kappa shape index (κ2) is 7.36. The first-order chi connectivity index (χ1) is 13.9. The molecule has 1 fully saturated rings. The average molecular weight is 401 g/mol. The number of hydrogen-bond donors (Lipinski definition) is 1. The number of nitrogens with zero attached hydrogens (tertiary/aromatic N) is 5. The van der Waals surface area contributed by atoms with Gasteiger partial charge in [0.1, 0.15) is 6.54 Å². The lowest BCUT2D eigenvalue weighted by Gasteiger charge is -2.31. The molecule has 1 N–H and O–H groups in total. The fourth-order valence-corrected chi connectivity index (χ4v) is 3.95. The van der Waals surface area contributed by atoms with E-state index in [1.54, 1.807) is 24.1 Å². The third-order valence-electron chi connectivity index (χ3n) is 5.64. The third kappa shape index (κ3) is 3.19. The van der Waals surface area contributed by atoms with Crippen LogP contribution in [0.5, 0.6) is 0 Å². The van der Waals surface area contributed by atoms with Gasteiger partial charge in [-0.05, 0) is 19.1 Å². The van der Waals surface area contributed by atoms with Gasteiger partial charge in [-0.15, -0.1) is 0 Å². The number of carbonyl (C=O) groups excluding carboxylic acids is 1. The Labute approximate surface area is 166 Å². The van der Waals surface area contributed by atoms with Crippen molar-refractivity contribution in [3.05, 3.63) is 50.8 Å². The summed E-state index contributed by atoms with van der Waals surface area (Å²) in [7, 11) is 3.12. The number of nitrogens with one attached hydrogen (secondary N) is 1. The lowest BCUT2D eigenvalue weighted by atomic mass is 10.3. The van der Waals surface area contributed by atoms with Crippen molar-refractivity contribution in [2.75, 3.05) is 26.2 Å². The van der Waals surface area contributed by atoms with Gasteiger partial charge < -0.3 is 18.8 Å². The van der Waals surface area contributed by atoms with Gasteiger partial charge in [0, 0.05) is 20.6 Å². The van der Waals surface area contributed by atoms with Crippen LogP contribution in [0.1, 0.15) is 23.3 Å². The van der Waals surface area contributed by atoms with E-state index in [1.165, 1.54) is 22.8 Å². The van der Waals surface area contributed by atoms with Crippen LogP contribution in [0.3, 0.4) is 0 Å². The number of furan rings is 1. The predicted octanol–water partition coefficient (Wildman–Crippen LogP) is -1.41. The minimum atomic E-state index is -0.382. The second-order valence-corrected chi connectivity index (χ2v) is 7.35. The number of hydrogen-bond acceptors (Lipinski definition) is 5. The lowest BCUT2D eigenvalue weighted by Crippen LogP contribution is -3.13. The summed E-state index contributed by atoms with van der Waals surface area (Å²) in [5.41, 5.74) is 0.166. The van der Waals surface area contributed by atoms with Gasteiger partial charge in [0.25, 0.3) is 11.5 Å². The number of imidazole rings is 1. The highest BCUT2D eigenvalue weighted by molar-refractivity contribution is 5.91. The topological polar surface area (TPSA) is 99.7 Å². The summed E-state index contributed by atoms with van der Waals surface area (Å²) in [5, 5.41) is 0. The van der Waals surface area contributed by atoms with Crippen LogP contribution in [0.15, 0.2) is 32.4 Å². The van der Waals surface area contributed by atoms with Crippen LogP contribution in [0, 0.1) is 0 Å². The maximum absolute atomic E-state index is 12.6. The van der Waals surface area contributed by atoms with E-state index in [0.717, 1.165) is 23.5 Å². The molecular formula is C19H25N6O4+. The number of quaternary nitrogens is 1. The number of fused-ring (bicyclic) bond motifs is 1. The van der Waals surface area contributed by atoms with Gasteiger partial charge in [-0.2, -0.15) is 0 Å². The van der Waals surface area contributed by atoms with Crippen LogP contribution in [0.25, 0.3) is 11.2 Å². The molecule has 10 nitrogen and oxygen atoms in total. The molecule has 4 heterocycles. The summed E-state index contributed by atoms with van der Waals surface area (Å²) in [4.78, 5) is 45.0. The molecule has 0 radical (unpaired) electrons. The van der Waals surface area contributed by atoms with Crippen LogP contribution >= 0.6 is 0 Å².